The summed E-state index contributed by atoms with van der Waals surface area (Å²) >= 11 is 0. The van der Waals surface area contributed by atoms with Gasteiger partial charge in [0.05, 0.1) is 11.6 Å². The van der Waals surface area contributed by atoms with Gasteiger partial charge in [-0.25, -0.2) is 0 Å². The third-order valence-corrected chi connectivity index (χ3v) is 7.05. The van der Waals surface area contributed by atoms with Crippen LogP contribution in [0.25, 0.3) is 0 Å². The molecule has 1 nitrogen and oxygen atoms in total. The van der Waals surface area contributed by atoms with Crippen molar-refractivity contribution in [2.24, 2.45) is 0 Å². The third-order valence-electron chi connectivity index (χ3n) is 7.05. The zero-order valence-corrected chi connectivity index (χ0v) is 21.1. The lowest BCUT2D eigenvalue weighted by atomic mass is 9.82. The van der Waals surface area contributed by atoms with E-state index in [4.69, 9.17) is 0 Å². The van der Waals surface area contributed by atoms with Crippen molar-refractivity contribution >= 4 is 0 Å². The first-order valence-corrected chi connectivity index (χ1v) is 13.0. The maximum atomic E-state index is 10.5. The Bertz CT molecular complexity index is 1460. The number of rotatable bonds is 9. The smallest absolute Gasteiger partial charge is 0.0997 e. The second-order valence-corrected chi connectivity index (χ2v) is 9.61. The Hall–Kier alpha value is -4.41. The molecule has 0 fully saturated rings. The van der Waals surface area contributed by atoms with Crippen molar-refractivity contribution in [1.82, 2.24) is 0 Å². The molecule has 0 aromatic heterocycles. The highest BCUT2D eigenvalue weighted by atomic mass is 14.3. The zero-order chi connectivity index (χ0) is 25.3. The molecule has 0 saturated heterocycles. The van der Waals surface area contributed by atoms with Gasteiger partial charge in [0.1, 0.15) is 0 Å². The van der Waals surface area contributed by atoms with Gasteiger partial charge >= 0.3 is 0 Å². The van der Waals surface area contributed by atoms with E-state index in [-0.39, 0.29) is 0 Å². The van der Waals surface area contributed by atoms with Gasteiger partial charge in [-0.2, -0.15) is 5.26 Å². The number of hydrogen-bond acceptors (Lipinski definition) is 1. The van der Waals surface area contributed by atoms with Gasteiger partial charge in [0.25, 0.3) is 0 Å². The molecule has 0 spiro atoms. The molecule has 0 heterocycles. The van der Waals surface area contributed by atoms with Crippen LogP contribution in [0.4, 0.5) is 0 Å². The van der Waals surface area contributed by atoms with E-state index >= 15 is 0 Å². The Morgan fingerprint density at radius 3 is 1.35 bits per heavy atom. The molecule has 37 heavy (non-hydrogen) atoms. The Labute approximate surface area is 220 Å². The summed E-state index contributed by atoms with van der Waals surface area (Å²) in [4.78, 5) is 0. The van der Waals surface area contributed by atoms with E-state index in [1.807, 2.05) is 6.07 Å². The molecule has 0 bridgehead atoms. The van der Waals surface area contributed by atoms with Crippen molar-refractivity contribution in [1.29, 1.82) is 5.26 Å². The van der Waals surface area contributed by atoms with Gasteiger partial charge in [0.2, 0.25) is 0 Å². The van der Waals surface area contributed by atoms with Crippen LogP contribution in [-0.2, 0) is 32.1 Å². The summed E-state index contributed by atoms with van der Waals surface area (Å²) in [6, 6.07) is 47.4. The molecular formula is C36H31N. The summed E-state index contributed by atoms with van der Waals surface area (Å²) in [5.74, 6) is 0. The quantitative estimate of drug-likeness (QED) is 0.210. The maximum absolute atomic E-state index is 10.5. The van der Waals surface area contributed by atoms with Gasteiger partial charge in [-0.15, -0.1) is 0 Å². The summed E-state index contributed by atoms with van der Waals surface area (Å²) < 4.78 is 0. The predicted octanol–water partition coefficient (Wildman–Crippen LogP) is 8.12. The van der Waals surface area contributed by atoms with E-state index in [0.717, 1.165) is 43.2 Å². The standard InChI is InChI=1S/C36H31N/c37-27-36-33(23-29-15-7-2-8-16-29)26-32(22-21-28-13-5-1-6-14-28)34(24-30-17-9-3-10-18-30)35(36)25-31-19-11-4-12-20-31/h1-20,26H,21-25H2. The summed E-state index contributed by atoms with van der Waals surface area (Å²) in [6.07, 6.45) is 4.27. The van der Waals surface area contributed by atoms with Crippen LogP contribution in [0.5, 0.6) is 0 Å². The largest absolute Gasteiger partial charge is 0.192 e. The number of nitrogens with zero attached hydrogens (tertiary/aromatic N) is 1. The molecule has 5 rings (SSSR count). The highest BCUT2D eigenvalue weighted by Gasteiger charge is 2.19. The summed E-state index contributed by atoms with van der Waals surface area (Å²) in [7, 11) is 0. The summed E-state index contributed by atoms with van der Waals surface area (Å²) in [5.41, 5.74) is 10.9. The van der Waals surface area contributed by atoms with Gasteiger partial charge in [-0.1, -0.05) is 127 Å². The van der Waals surface area contributed by atoms with Crippen LogP contribution in [0.15, 0.2) is 127 Å². The van der Waals surface area contributed by atoms with E-state index in [0.29, 0.717) is 0 Å². The Morgan fingerprint density at radius 2 is 0.865 bits per heavy atom. The molecule has 5 aromatic rings. The van der Waals surface area contributed by atoms with Crippen LogP contribution in [0.3, 0.4) is 0 Å². The fourth-order valence-corrected chi connectivity index (χ4v) is 5.16. The van der Waals surface area contributed by atoms with Crippen molar-refractivity contribution in [2.75, 3.05) is 0 Å². The normalized spacial score (nSPS) is 10.7. The maximum Gasteiger partial charge on any atom is 0.0997 e. The first-order chi connectivity index (χ1) is 18.3. The van der Waals surface area contributed by atoms with E-state index in [9.17, 15) is 5.26 Å². The van der Waals surface area contributed by atoms with Crippen molar-refractivity contribution in [2.45, 2.75) is 32.1 Å². The van der Waals surface area contributed by atoms with Gasteiger partial charge in [-0.3, -0.25) is 0 Å². The van der Waals surface area contributed by atoms with Gasteiger partial charge in [0, 0.05) is 0 Å². The van der Waals surface area contributed by atoms with Crippen LogP contribution in [0.2, 0.25) is 0 Å². The number of hydrogen-bond donors (Lipinski definition) is 0. The fourth-order valence-electron chi connectivity index (χ4n) is 5.16. The minimum absolute atomic E-state index is 0.757. The van der Waals surface area contributed by atoms with Crippen LogP contribution in [0, 0.1) is 11.3 Å². The zero-order valence-electron chi connectivity index (χ0n) is 21.1. The Kier molecular flexibility index (Phi) is 7.89. The molecule has 0 unspecified atom stereocenters. The second kappa shape index (κ2) is 12.0. The Morgan fingerprint density at radius 1 is 0.432 bits per heavy atom. The topological polar surface area (TPSA) is 23.8 Å². The molecule has 0 amide bonds. The van der Waals surface area contributed by atoms with Crippen molar-refractivity contribution < 1.29 is 0 Å². The molecule has 0 radical (unpaired) electrons. The Balaban J connectivity index is 1.65. The molecular weight excluding hydrogens is 446 g/mol. The van der Waals surface area contributed by atoms with E-state index in [2.05, 4.69) is 127 Å². The molecule has 0 saturated carbocycles. The van der Waals surface area contributed by atoms with E-state index < -0.39 is 0 Å². The van der Waals surface area contributed by atoms with Crippen LogP contribution in [-0.4, -0.2) is 0 Å². The summed E-state index contributed by atoms with van der Waals surface area (Å²) in [5, 5.41) is 10.5. The molecule has 0 atom stereocenters. The molecule has 180 valence electrons. The number of nitriles is 1. The molecule has 5 aromatic carbocycles. The molecule has 0 aliphatic carbocycles. The van der Waals surface area contributed by atoms with Gasteiger partial charge < -0.3 is 0 Å². The average molecular weight is 478 g/mol. The summed E-state index contributed by atoms with van der Waals surface area (Å²) in [6.45, 7) is 0. The molecule has 1 heteroatoms. The van der Waals surface area contributed by atoms with Crippen LogP contribution >= 0.6 is 0 Å². The van der Waals surface area contributed by atoms with Crippen molar-refractivity contribution in [3.8, 4) is 6.07 Å². The minimum atomic E-state index is 0.757. The van der Waals surface area contributed by atoms with Crippen LogP contribution in [0.1, 0.15) is 50.1 Å². The predicted molar refractivity (Wildman–Crippen MR) is 153 cm³/mol. The third kappa shape index (κ3) is 6.24. The molecule has 0 aliphatic heterocycles. The number of aryl methyl sites for hydroxylation is 2. The lowest BCUT2D eigenvalue weighted by Crippen LogP contribution is -2.10. The molecule has 0 N–H and O–H groups in total. The lowest BCUT2D eigenvalue weighted by Gasteiger charge is -2.21. The first kappa shape index (κ1) is 24.3. The van der Waals surface area contributed by atoms with Crippen molar-refractivity contribution in [3.63, 3.8) is 0 Å². The fraction of sp³-hybridized carbons (Fsp3) is 0.139. The SMILES string of the molecule is N#Cc1c(Cc2ccccc2)cc(CCc2ccccc2)c(Cc2ccccc2)c1Cc1ccccc1. The number of benzene rings is 5. The van der Waals surface area contributed by atoms with E-state index in [1.165, 1.54) is 38.9 Å². The minimum Gasteiger partial charge on any atom is -0.192 e. The van der Waals surface area contributed by atoms with Gasteiger partial charge in [-0.05, 0) is 76.6 Å². The first-order valence-electron chi connectivity index (χ1n) is 13.0. The van der Waals surface area contributed by atoms with Crippen molar-refractivity contribution in [3.05, 3.63) is 177 Å². The monoisotopic (exact) mass is 477 g/mol. The lowest BCUT2D eigenvalue weighted by molar-refractivity contribution is 0.915. The molecule has 0 aliphatic rings. The average Bonchev–Trinajstić information content (AvgIpc) is 2.96. The van der Waals surface area contributed by atoms with E-state index in [1.54, 1.807) is 0 Å². The second-order valence-electron chi connectivity index (χ2n) is 9.61. The van der Waals surface area contributed by atoms with Crippen LogP contribution < -0.4 is 0 Å². The van der Waals surface area contributed by atoms with Gasteiger partial charge in [0.15, 0.2) is 0 Å². The highest BCUT2D eigenvalue weighted by Crippen LogP contribution is 2.30. The highest BCUT2D eigenvalue weighted by molar-refractivity contribution is 5.56.